The van der Waals surface area contributed by atoms with E-state index in [9.17, 15) is 24.0 Å². The quantitative estimate of drug-likeness (QED) is 0.160. The van der Waals surface area contributed by atoms with Crippen LogP contribution in [-0.4, -0.2) is 72.2 Å². The molecular formula is C30H46N4O8. The number of hydrazine groups is 1. The number of nitrogens with one attached hydrogen (secondary N) is 3. The van der Waals surface area contributed by atoms with E-state index in [0.717, 1.165) is 10.6 Å². The highest BCUT2D eigenvalue weighted by Crippen LogP contribution is 2.25. The average molecular weight is 591 g/mol. The summed E-state index contributed by atoms with van der Waals surface area (Å²) in [5.41, 5.74) is 3.42. The Labute approximate surface area is 248 Å². The number of esters is 1. The van der Waals surface area contributed by atoms with Crippen LogP contribution < -0.4 is 16.1 Å². The maximum Gasteiger partial charge on any atom is 0.408 e. The molecule has 0 radical (unpaired) electrons. The summed E-state index contributed by atoms with van der Waals surface area (Å²) in [6, 6.07) is 7.21. The highest BCUT2D eigenvalue weighted by Gasteiger charge is 2.53. The number of hydrogen-bond acceptors (Lipinski definition) is 8. The van der Waals surface area contributed by atoms with Gasteiger partial charge in [-0.1, -0.05) is 71.9 Å². The SMILES string of the molecule is CCOC(=O)[C@H]1OC1C(=O)N(CC(C)C)NC(=O)[C@H](CC(C)C)NC(=O)[C@H](CC(C)C)NC(=O)OCc1ccccc1. The van der Waals surface area contributed by atoms with E-state index in [0.29, 0.717) is 6.42 Å². The number of rotatable bonds is 15. The fourth-order valence-corrected chi connectivity index (χ4v) is 4.21. The Bertz CT molecular complexity index is 1060. The molecule has 1 fully saturated rings. The van der Waals surface area contributed by atoms with Crippen LogP contribution in [-0.2, 0) is 40.0 Å². The molecule has 0 bridgehead atoms. The zero-order chi connectivity index (χ0) is 31.4. The first-order chi connectivity index (χ1) is 19.8. The minimum absolute atomic E-state index is 0.0163. The number of carbonyl (C=O) groups excluding carboxylic acids is 5. The van der Waals surface area contributed by atoms with Crippen LogP contribution in [0, 0.1) is 17.8 Å². The van der Waals surface area contributed by atoms with Gasteiger partial charge in [0.05, 0.1) is 6.61 Å². The topological polar surface area (TPSA) is 156 Å². The smallest absolute Gasteiger partial charge is 0.408 e. The summed E-state index contributed by atoms with van der Waals surface area (Å²) >= 11 is 0. The maximum absolute atomic E-state index is 13.4. The van der Waals surface area contributed by atoms with Crippen molar-refractivity contribution >= 4 is 29.8 Å². The van der Waals surface area contributed by atoms with E-state index in [2.05, 4.69) is 16.1 Å². The second kappa shape index (κ2) is 16.7. The highest BCUT2D eigenvalue weighted by atomic mass is 16.6. The number of ether oxygens (including phenoxy) is 3. The molecule has 12 nitrogen and oxygen atoms in total. The molecule has 0 saturated carbocycles. The molecular weight excluding hydrogens is 544 g/mol. The summed E-state index contributed by atoms with van der Waals surface area (Å²) in [6.07, 6.45) is -2.23. The van der Waals surface area contributed by atoms with Gasteiger partial charge in [0.25, 0.3) is 11.8 Å². The van der Waals surface area contributed by atoms with Crippen LogP contribution in [0.1, 0.15) is 66.9 Å². The molecule has 1 aromatic carbocycles. The standard InChI is InChI=1S/C30H46N4O8/c1-8-40-29(38)25-24(42-25)28(37)34(16-20(6)7)33-27(36)23(15-19(4)5)31-26(35)22(14-18(2)3)32-30(39)41-17-21-12-10-9-11-13-21/h9-13,18-20,22-25H,8,14-17H2,1-7H3,(H,31,35)(H,32,39)(H,33,36)/t22-,23-,24?,25-/m0/s1. The second-order valence-corrected chi connectivity index (χ2v) is 11.6. The van der Waals surface area contributed by atoms with E-state index in [4.69, 9.17) is 14.2 Å². The van der Waals surface area contributed by atoms with E-state index in [1.807, 2.05) is 71.9 Å². The second-order valence-electron chi connectivity index (χ2n) is 11.6. The Morgan fingerprint density at radius 3 is 1.95 bits per heavy atom. The molecule has 1 aromatic rings. The van der Waals surface area contributed by atoms with Crippen molar-refractivity contribution in [2.45, 2.75) is 92.2 Å². The number of epoxide rings is 1. The van der Waals surface area contributed by atoms with Crippen molar-refractivity contribution in [1.82, 2.24) is 21.1 Å². The third-order valence-electron chi connectivity index (χ3n) is 6.18. The normalized spacial score (nSPS) is 17.3. The lowest BCUT2D eigenvalue weighted by atomic mass is 10.0. The Kier molecular flexibility index (Phi) is 13.7. The van der Waals surface area contributed by atoms with E-state index in [1.54, 1.807) is 6.92 Å². The number of nitrogens with zero attached hydrogens (tertiary/aromatic N) is 1. The van der Waals surface area contributed by atoms with Crippen molar-refractivity contribution in [3.63, 3.8) is 0 Å². The van der Waals surface area contributed by atoms with Crippen LogP contribution in [0.3, 0.4) is 0 Å². The molecule has 1 aliphatic heterocycles. The molecule has 0 aromatic heterocycles. The van der Waals surface area contributed by atoms with Gasteiger partial charge in [0.1, 0.15) is 18.7 Å². The van der Waals surface area contributed by atoms with E-state index >= 15 is 0 Å². The number of carbonyl (C=O) groups is 5. The zero-order valence-electron chi connectivity index (χ0n) is 25.7. The van der Waals surface area contributed by atoms with Gasteiger partial charge in [-0.3, -0.25) is 24.8 Å². The van der Waals surface area contributed by atoms with Crippen molar-refractivity contribution in [3.8, 4) is 0 Å². The lowest BCUT2D eigenvalue weighted by Gasteiger charge is -2.29. The van der Waals surface area contributed by atoms with Gasteiger partial charge in [0.2, 0.25) is 5.91 Å². The van der Waals surface area contributed by atoms with Gasteiger partial charge in [0, 0.05) is 6.54 Å². The van der Waals surface area contributed by atoms with Crippen LogP contribution >= 0.6 is 0 Å². The fourth-order valence-electron chi connectivity index (χ4n) is 4.21. The third-order valence-corrected chi connectivity index (χ3v) is 6.18. The molecule has 0 spiro atoms. The predicted molar refractivity (Wildman–Crippen MR) is 154 cm³/mol. The van der Waals surface area contributed by atoms with Gasteiger partial charge in [-0.25, -0.2) is 9.59 Å². The number of alkyl carbamates (subject to hydrolysis) is 1. The van der Waals surface area contributed by atoms with Gasteiger partial charge in [-0.05, 0) is 43.1 Å². The molecule has 42 heavy (non-hydrogen) atoms. The lowest BCUT2D eigenvalue weighted by Crippen LogP contribution is -2.58. The molecule has 0 aliphatic carbocycles. The Balaban J connectivity index is 2.10. The molecule has 1 saturated heterocycles. The fraction of sp³-hybridized carbons (Fsp3) is 0.633. The summed E-state index contributed by atoms with van der Waals surface area (Å²) in [7, 11) is 0. The largest absolute Gasteiger partial charge is 0.464 e. The van der Waals surface area contributed by atoms with Gasteiger partial charge in [-0.2, -0.15) is 0 Å². The van der Waals surface area contributed by atoms with Crippen molar-refractivity contribution < 1.29 is 38.2 Å². The predicted octanol–water partition coefficient (Wildman–Crippen LogP) is 2.70. The van der Waals surface area contributed by atoms with Crippen molar-refractivity contribution in [3.05, 3.63) is 35.9 Å². The Morgan fingerprint density at radius 2 is 1.40 bits per heavy atom. The zero-order valence-corrected chi connectivity index (χ0v) is 25.7. The number of hydrogen-bond donors (Lipinski definition) is 3. The molecule has 1 aliphatic rings. The van der Waals surface area contributed by atoms with Gasteiger partial charge < -0.3 is 24.8 Å². The molecule has 4 atom stereocenters. The minimum Gasteiger partial charge on any atom is -0.464 e. The van der Waals surface area contributed by atoms with Gasteiger partial charge in [-0.15, -0.1) is 0 Å². The monoisotopic (exact) mass is 590 g/mol. The summed E-state index contributed by atoms with van der Waals surface area (Å²) in [6.45, 7) is 13.4. The summed E-state index contributed by atoms with van der Waals surface area (Å²) < 4.78 is 15.5. The molecule has 4 amide bonds. The number of amides is 4. The first kappa shape index (κ1) is 34.5. The van der Waals surface area contributed by atoms with Crippen LogP contribution in [0.4, 0.5) is 4.79 Å². The highest BCUT2D eigenvalue weighted by molar-refractivity contribution is 5.95. The first-order valence-corrected chi connectivity index (χ1v) is 14.5. The molecule has 234 valence electrons. The van der Waals surface area contributed by atoms with Gasteiger partial charge >= 0.3 is 12.1 Å². The van der Waals surface area contributed by atoms with Crippen LogP contribution in [0.15, 0.2) is 30.3 Å². The Hall–Kier alpha value is -3.67. The molecule has 12 heteroatoms. The third kappa shape index (κ3) is 11.7. The van der Waals surface area contributed by atoms with Crippen LogP contribution in [0.2, 0.25) is 0 Å². The number of benzene rings is 1. The molecule has 1 unspecified atom stereocenters. The van der Waals surface area contributed by atoms with Crippen molar-refractivity contribution in [1.29, 1.82) is 0 Å². The molecule has 2 rings (SSSR count). The van der Waals surface area contributed by atoms with E-state index in [1.165, 1.54) is 0 Å². The first-order valence-electron chi connectivity index (χ1n) is 14.5. The van der Waals surface area contributed by atoms with E-state index in [-0.39, 0.29) is 43.9 Å². The van der Waals surface area contributed by atoms with E-state index < -0.39 is 54.1 Å². The van der Waals surface area contributed by atoms with Gasteiger partial charge in [0.15, 0.2) is 12.2 Å². The van der Waals surface area contributed by atoms with Crippen molar-refractivity contribution in [2.24, 2.45) is 17.8 Å². The van der Waals surface area contributed by atoms with Crippen LogP contribution in [0.25, 0.3) is 0 Å². The van der Waals surface area contributed by atoms with Crippen LogP contribution in [0.5, 0.6) is 0 Å². The minimum atomic E-state index is -1.05. The summed E-state index contributed by atoms with van der Waals surface area (Å²) in [4.78, 5) is 64.4. The average Bonchev–Trinajstić information content (AvgIpc) is 3.71. The summed E-state index contributed by atoms with van der Waals surface area (Å²) in [5, 5.41) is 6.50. The Morgan fingerprint density at radius 1 is 0.810 bits per heavy atom. The summed E-state index contributed by atoms with van der Waals surface area (Å²) in [5.74, 6) is -2.31. The molecule has 1 heterocycles. The van der Waals surface area contributed by atoms with Crippen molar-refractivity contribution in [2.75, 3.05) is 13.2 Å². The molecule has 3 N–H and O–H groups in total. The maximum atomic E-state index is 13.4. The lowest BCUT2D eigenvalue weighted by molar-refractivity contribution is -0.146.